The van der Waals surface area contributed by atoms with Crippen LogP contribution in [0.5, 0.6) is 17.2 Å². The number of carbonyl (C=O) groups is 1. The standard InChI is InChI=1S/C32H36N2O4/c1-32(2,3)21-13-11-19(12-14-21)20-17-25-28(26(35)18-20)29(34-24-10-8-7-9-23(24)33-25)22-15-16-27(36-4)31(38-6)30(22)37-5/h7-16,20,29,33-34H,17-18H2,1-6H3. The maximum Gasteiger partial charge on any atom is 0.203 e. The second-order valence-electron chi connectivity index (χ2n) is 11.0. The van der Waals surface area contributed by atoms with Crippen LogP contribution in [-0.2, 0) is 10.2 Å². The summed E-state index contributed by atoms with van der Waals surface area (Å²) in [6.45, 7) is 6.64. The molecule has 0 radical (unpaired) electrons. The third-order valence-electron chi connectivity index (χ3n) is 7.60. The molecule has 1 heterocycles. The van der Waals surface area contributed by atoms with E-state index in [4.69, 9.17) is 14.2 Å². The Labute approximate surface area is 225 Å². The van der Waals surface area contributed by atoms with Gasteiger partial charge in [-0.3, -0.25) is 4.79 Å². The number of methoxy groups -OCH3 is 3. The lowest BCUT2D eigenvalue weighted by atomic mass is 9.77. The molecule has 0 saturated carbocycles. The van der Waals surface area contributed by atoms with E-state index in [9.17, 15) is 4.79 Å². The van der Waals surface area contributed by atoms with Gasteiger partial charge in [0.1, 0.15) is 0 Å². The average Bonchev–Trinajstić information content (AvgIpc) is 3.08. The highest BCUT2D eigenvalue weighted by molar-refractivity contribution is 6.01. The van der Waals surface area contributed by atoms with Crippen molar-refractivity contribution >= 4 is 17.2 Å². The van der Waals surface area contributed by atoms with Gasteiger partial charge in [-0.2, -0.15) is 0 Å². The Hall–Kier alpha value is -3.93. The number of benzene rings is 3. The topological polar surface area (TPSA) is 68.8 Å². The smallest absolute Gasteiger partial charge is 0.203 e. The molecule has 6 nitrogen and oxygen atoms in total. The molecule has 2 N–H and O–H groups in total. The van der Waals surface area contributed by atoms with Crippen LogP contribution < -0.4 is 24.8 Å². The molecule has 3 aromatic rings. The molecule has 1 aliphatic heterocycles. The number of rotatable bonds is 5. The van der Waals surface area contributed by atoms with Gasteiger partial charge in [-0.05, 0) is 53.1 Å². The number of ether oxygens (including phenoxy) is 3. The van der Waals surface area contributed by atoms with Gasteiger partial charge in [0.05, 0.1) is 38.7 Å². The number of carbonyl (C=O) groups excluding carboxylic acids is 1. The van der Waals surface area contributed by atoms with Crippen LogP contribution in [0.2, 0.25) is 0 Å². The summed E-state index contributed by atoms with van der Waals surface area (Å²) in [7, 11) is 4.80. The minimum absolute atomic E-state index is 0.0839. The summed E-state index contributed by atoms with van der Waals surface area (Å²) >= 11 is 0. The molecule has 198 valence electrons. The first-order chi connectivity index (χ1) is 18.2. The molecule has 5 rings (SSSR count). The molecule has 2 aliphatic rings. The van der Waals surface area contributed by atoms with Gasteiger partial charge in [-0.1, -0.05) is 57.2 Å². The van der Waals surface area contributed by atoms with Crippen molar-refractivity contribution in [3.8, 4) is 17.2 Å². The fraction of sp³-hybridized carbons (Fsp3) is 0.344. The first-order valence-corrected chi connectivity index (χ1v) is 13.0. The number of allylic oxidation sites excluding steroid dienone is 1. The number of Topliss-reactive ketones (excluding diaryl/α,β-unsaturated/α-hetero) is 1. The van der Waals surface area contributed by atoms with Gasteiger partial charge < -0.3 is 24.8 Å². The molecule has 0 fully saturated rings. The predicted octanol–water partition coefficient (Wildman–Crippen LogP) is 6.99. The summed E-state index contributed by atoms with van der Waals surface area (Å²) in [4.78, 5) is 14.0. The monoisotopic (exact) mass is 512 g/mol. The molecule has 3 aromatic carbocycles. The van der Waals surface area contributed by atoms with Crippen LogP contribution in [0.15, 0.2) is 71.9 Å². The van der Waals surface area contributed by atoms with Crippen molar-refractivity contribution in [3.05, 3.63) is 88.6 Å². The SMILES string of the molecule is COc1ccc(C2Nc3ccccc3NC3=C2C(=O)CC(c2ccc(C(C)(C)C)cc2)C3)c(OC)c1OC. The lowest BCUT2D eigenvalue weighted by Gasteiger charge is -2.31. The van der Waals surface area contributed by atoms with Gasteiger partial charge in [0.2, 0.25) is 5.75 Å². The number of ketones is 1. The Bertz CT molecular complexity index is 1390. The van der Waals surface area contributed by atoms with E-state index in [1.54, 1.807) is 21.3 Å². The number of hydrogen-bond donors (Lipinski definition) is 2. The van der Waals surface area contributed by atoms with E-state index in [1.165, 1.54) is 11.1 Å². The number of anilines is 2. The lowest BCUT2D eigenvalue weighted by molar-refractivity contribution is -0.116. The van der Waals surface area contributed by atoms with E-state index in [-0.39, 0.29) is 17.1 Å². The largest absolute Gasteiger partial charge is 0.493 e. The quantitative estimate of drug-likeness (QED) is 0.384. The summed E-state index contributed by atoms with van der Waals surface area (Å²) in [6.07, 6.45) is 1.18. The number of nitrogens with one attached hydrogen (secondary N) is 2. The van der Waals surface area contributed by atoms with E-state index in [0.717, 1.165) is 34.6 Å². The number of para-hydroxylation sites is 2. The van der Waals surface area contributed by atoms with Crippen molar-refractivity contribution in [2.24, 2.45) is 0 Å². The molecule has 0 bridgehead atoms. The van der Waals surface area contributed by atoms with Gasteiger partial charge in [0, 0.05) is 23.3 Å². The molecule has 0 amide bonds. The highest BCUT2D eigenvalue weighted by Gasteiger charge is 2.38. The van der Waals surface area contributed by atoms with Gasteiger partial charge in [-0.15, -0.1) is 0 Å². The van der Waals surface area contributed by atoms with Crippen molar-refractivity contribution in [2.45, 2.75) is 51.0 Å². The molecule has 2 atom stereocenters. The fourth-order valence-electron chi connectivity index (χ4n) is 5.57. The van der Waals surface area contributed by atoms with Crippen molar-refractivity contribution < 1.29 is 19.0 Å². The normalized spacial score (nSPS) is 18.9. The van der Waals surface area contributed by atoms with Crippen LogP contribution in [0.3, 0.4) is 0 Å². The summed E-state index contributed by atoms with van der Waals surface area (Å²) in [5, 5.41) is 7.25. The van der Waals surface area contributed by atoms with E-state index >= 15 is 0 Å². The molecule has 2 unspecified atom stereocenters. The Morgan fingerprint density at radius 3 is 2.11 bits per heavy atom. The molecular weight excluding hydrogens is 476 g/mol. The van der Waals surface area contributed by atoms with E-state index in [1.807, 2.05) is 36.4 Å². The highest BCUT2D eigenvalue weighted by atomic mass is 16.5. The molecule has 1 aliphatic carbocycles. The summed E-state index contributed by atoms with van der Waals surface area (Å²) in [5.41, 5.74) is 6.90. The Morgan fingerprint density at radius 2 is 1.47 bits per heavy atom. The van der Waals surface area contributed by atoms with Crippen LogP contribution in [0.25, 0.3) is 0 Å². The second-order valence-corrected chi connectivity index (χ2v) is 11.0. The Kier molecular flexibility index (Phi) is 6.82. The zero-order valence-corrected chi connectivity index (χ0v) is 23.0. The summed E-state index contributed by atoms with van der Waals surface area (Å²) in [6, 6.07) is 20.2. The van der Waals surface area contributed by atoms with Crippen LogP contribution in [-0.4, -0.2) is 27.1 Å². The van der Waals surface area contributed by atoms with Crippen LogP contribution >= 0.6 is 0 Å². The minimum Gasteiger partial charge on any atom is -0.493 e. The van der Waals surface area contributed by atoms with Crippen molar-refractivity contribution in [3.63, 3.8) is 0 Å². The highest BCUT2D eigenvalue weighted by Crippen LogP contribution is 2.49. The molecule has 6 heteroatoms. The van der Waals surface area contributed by atoms with E-state index < -0.39 is 6.04 Å². The van der Waals surface area contributed by atoms with Crippen LogP contribution in [0.1, 0.15) is 62.3 Å². The third kappa shape index (κ3) is 4.60. The molecular formula is C32H36N2O4. The number of hydrogen-bond acceptors (Lipinski definition) is 6. The van der Waals surface area contributed by atoms with Crippen molar-refractivity contribution in [1.29, 1.82) is 0 Å². The molecule has 0 spiro atoms. The predicted molar refractivity (Wildman–Crippen MR) is 152 cm³/mol. The third-order valence-corrected chi connectivity index (χ3v) is 7.60. The molecule has 38 heavy (non-hydrogen) atoms. The van der Waals surface area contributed by atoms with Gasteiger partial charge in [0.25, 0.3) is 0 Å². The molecule has 0 saturated heterocycles. The first-order valence-electron chi connectivity index (χ1n) is 13.0. The van der Waals surface area contributed by atoms with Crippen molar-refractivity contribution in [2.75, 3.05) is 32.0 Å². The Balaban J connectivity index is 1.61. The fourth-order valence-corrected chi connectivity index (χ4v) is 5.57. The molecule has 0 aromatic heterocycles. The van der Waals surface area contributed by atoms with Crippen LogP contribution in [0.4, 0.5) is 11.4 Å². The van der Waals surface area contributed by atoms with Gasteiger partial charge in [0.15, 0.2) is 17.3 Å². The van der Waals surface area contributed by atoms with E-state index in [0.29, 0.717) is 23.7 Å². The average molecular weight is 513 g/mol. The van der Waals surface area contributed by atoms with Crippen molar-refractivity contribution in [1.82, 2.24) is 0 Å². The maximum absolute atomic E-state index is 14.0. The van der Waals surface area contributed by atoms with E-state index in [2.05, 4.69) is 55.7 Å². The number of fused-ring (bicyclic) bond motifs is 1. The zero-order chi connectivity index (χ0) is 27.0. The first kappa shape index (κ1) is 25.7. The summed E-state index contributed by atoms with van der Waals surface area (Å²) < 4.78 is 17.0. The minimum atomic E-state index is -0.423. The summed E-state index contributed by atoms with van der Waals surface area (Å²) in [5.74, 6) is 1.83. The zero-order valence-electron chi connectivity index (χ0n) is 23.0. The van der Waals surface area contributed by atoms with Crippen LogP contribution in [0, 0.1) is 0 Å². The van der Waals surface area contributed by atoms with Gasteiger partial charge in [-0.25, -0.2) is 0 Å². The Morgan fingerprint density at radius 1 is 0.789 bits per heavy atom. The lowest BCUT2D eigenvalue weighted by Crippen LogP contribution is -2.27. The second kappa shape index (κ2) is 10.1. The maximum atomic E-state index is 14.0. The van der Waals surface area contributed by atoms with Gasteiger partial charge >= 0.3 is 0 Å².